The lowest BCUT2D eigenvalue weighted by molar-refractivity contribution is 0.388. The average Bonchev–Trinajstić information content (AvgIpc) is 2.34. The Morgan fingerprint density at radius 1 is 1.29 bits per heavy atom. The van der Waals surface area contributed by atoms with Gasteiger partial charge in [0, 0.05) is 10.6 Å². The van der Waals surface area contributed by atoms with E-state index < -0.39 is 10.8 Å². The van der Waals surface area contributed by atoms with E-state index in [1.165, 1.54) is 32.1 Å². The molecule has 0 aromatic heterocycles. The first-order valence-electron chi connectivity index (χ1n) is 6.10. The third-order valence-corrected chi connectivity index (χ3v) is 5.23. The van der Waals surface area contributed by atoms with Crippen LogP contribution in [0.15, 0.2) is 23.1 Å². The van der Waals surface area contributed by atoms with Crippen LogP contribution in [-0.4, -0.2) is 9.96 Å². The van der Waals surface area contributed by atoms with E-state index in [-0.39, 0.29) is 0 Å². The summed E-state index contributed by atoms with van der Waals surface area (Å²) in [5.41, 5.74) is 6.19. The second-order valence-corrected chi connectivity index (χ2v) is 6.60. The summed E-state index contributed by atoms with van der Waals surface area (Å²) in [5.74, 6) is 1.38. The van der Waals surface area contributed by atoms with Gasteiger partial charge in [-0.15, -0.1) is 0 Å². The van der Waals surface area contributed by atoms with E-state index in [0.717, 1.165) is 10.6 Å². The van der Waals surface area contributed by atoms with Crippen LogP contribution in [0.2, 0.25) is 5.02 Å². The highest BCUT2D eigenvalue weighted by molar-refractivity contribution is 7.85. The lowest BCUT2D eigenvalue weighted by Gasteiger charge is -2.20. The molecule has 0 saturated heterocycles. The number of halogens is 1. The highest BCUT2D eigenvalue weighted by Crippen LogP contribution is 2.27. The molecule has 1 aliphatic carbocycles. The van der Waals surface area contributed by atoms with Crippen LogP contribution in [0, 0.1) is 5.92 Å². The van der Waals surface area contributed by atoms with Gasteiger partial charge in [0.1, 0.15) is 0 Å². The van der Waals surface area contributed by atoms with Crippen molar-refractivity contribution in [3.63, 3.8) is 0 Å². The second kappa shape index (κ2) is 5.87. The largest absolute Gasteiger partial charge is 0.398 e. The first-order chi connectivity index (χ1) is 8.16. The van der Waals surface area contributed by atoms with Gasteiger partial charge in [-0.3, -0.25) is 4.21 Å². The van der Waals surface area contributed by atoms with E-state index in [1.807, 2.05) is 6.07 Å². The summed E-state index contributed by atoms with van der Waals surface area (Å²) >= 11 is 5.94. The monoisotopic (exact) mass is 271 g/mol. The zero-order chi connectivity index (χ0) is 12.3. The fourth-order valence-corrected chi connectivity index (χ4v) is 3.98. The fraction of sp³-hybridized carbons (Fsp3) is 0.538. The van der Waals surface area contributed by atoms with Crippen molar-refractivity contribution < 1.29 is 4.21 Å². The number of hydrogen-bond donors (Lipinski definition) is 1. The Labute approximate surface area is 110 Å². The van der Waals surface area contributed by atoms with Crippen molar-refractivity contribution in [2.75, 3.05) is 11.5 Å². The van der Waals surface area contributed by atoms with Gasteiger partial charge >= 0.3 is 0 Å². The van der Waals surface area contributed by atoms with Gasteiger partial charge < -0.3 is 5.73 Å². The molecular formula is C13H18ClNOS. The Hall–Kier alpha value is -0.540. The summed E-state index contributed by atoms with van der Waals surface area (Å²) in [6.45, 7) is 0. The van der Waals surface area contributed by atoms with Crippen molar-refractivity contribution in [3.8, 4) is 0 Å². The minimum absolute atomic E-state index is 0.500. The molecule has 4 heteroatoms. The minimum Gasteiger partial charge on any atom is -0.398 e. The molecule has 1 aliphatic rings. The summed E-state index contributed by atoms with van der Waals surface area (Å²) < 4.78 is 12.2. The third kappa shape index (κ3) is 3.46. The number of hydrogen-bond acceptors (Lipinski definition) is 2. The molecule has 0 amide bonds. The van der Waals surface area contributed by atoms with Crippen LogP contribution in [0.25, 0.3) is 0 Å². The van der Waals surface area contributed by atoms with Crippen molar-refractivity contribution in [1.82, 2.24) is 0 Å². The molecule has 94 valence electrons. The van der Waals surface area contributed by atoms with Gasteiger partial charge in [-0.1, -0.05) is 30.9 Å². The molecule has 2 nitrogen and oxygen atoms in total. The molecule has 1 aromatic rings. The highest BCUT2D eigenvalue weighted by atomic mass is 35.5. The number of benzene rings is 1. The zero-order valence-corrected chi connectivity index (χ0v) is 11.4. The van der Waals surface area contributed by atoms with Crippen LogP contribution in [0.1, 0.15) is 32.1 Å². The number of anilines is 1. The lowest BCUT2D eigenvalue weighted by atomic mass is 9.91. The molecule has 1 atom stereocenters. The Kier molecular flexibility index (Phi) is 4.46. The Morgan fingerprint density at radius 2 is 2.00 bits per heavy atom. The third-order valence-electron chi connectivity index (χ3n) is 3.35. The van der Waals surface area contributed by atoms with Crippen LogP contribution < -0.4 is 5.73 Å². The number of nitrogens with two attached hydrogens (primary N) is 1. The summed E-state index contributed by atoms with van der Waals surface area (Å²) in [5, 5.41) is 0.500. The van der Waals surface area contributed by atoms with E-state index in [2.05, 4.69) is 0 Å². The van der Waals surface area contributed by atoms with Gasteiger partial charge in [-0.25, -0.2) is 0 Å². The quantitative estimate of drug-likeness (QED) is 0.854. The first kappa shape index (κ1) is 12.9. The van der Waals surface area contributed by atoms with Crippen LogP contribution in [0.5, 0.6) is 0 Å². The van der Waals surface area contributed by atoms with E-state index in [4.69, 9.17) is 17.3 Å². The maximum absolute atomic E-state index is 12.2. The topological polar surface area (TPSA) is 43.1 Å². The lowest BCUT2D eigenvalue weighted by Crippen LogP contribution is -2.14. The van der Waals surface area contributed by atoms with Crippen LogP contribution in [0.4, 0.5) is 5.69 Å². The van der Waals surface area contributed by atoms with Crippen molar-refractivity contribution in [1.29, 1.82) is 0 Å². The molecule has 0 bridgehead atoms. The SMILES string of the molecule is Nc1ccc(S(=O)CC2CCCCC2)cc1Cl. The molecule has 0 heterocycles. The predicted octanol–water partition coefficient (Wildman–Crippen LogP) is 3.61. The van der Waals surface area contributed by atoms with Gasteiger partial charge in [0.15, 0.2) is 0 Å². The molecular weight excluding hydrogens is 254 g/mol. The smallest absolute Gasteiger partial charge is 0.0647 e. The van der Waals surface area contributed by atoms with Crippen LogP contribution in [0.3, 0.4) is 0 Å². The Bertz CT molecular complexity index is 416. The molecule has 2 rings (SSSR count). The number of rotatable bonds is 3. The molecule has 2 N–H and O–H groups in total. The second-order valence-electron chi connectivity index (χ2n) is 4.70. The molecule has 1 fully saturated rings. The minimum atomic E-state index is -0.940. The summed E-state index contributed by atoms with van der Waals surface area (Å²) in [4.78, 5) is 0.801. The van der Waals surface area contributed by atoms with Crippen molar-refractivity contribution in [3.05, 3.63) is 23.2 Å². The van der Waals surface area contributed by atoms with E-state index >= 15 is 0 Å². The maximum atomic E-state index is 12.2. The van der Waals surface area contributed by atoms with Gasteiger partial charge in [-0.2, -0.15) is 0 Å². The van der Waals surface area contributed by atoms with Gasteiger partial charge in [0.05, 0.1) is 21.5 Å². The van der Waals surface area contributed by atoms with Crippen molar-refractivity contribution >= 4 is 28.1 Å². The summed E-state index contributed by atoms with van der Waals surface area (Å²) in [7, 11) is -0.940. The average molecular weight is 272 g/mol. The van der Waals surface area contributed by atoms with Gasteiger partial charge in [0.2, 0.25) is 0 Å². The Morgan fingerprint density at radius 3 is 2.65 bits per heavy atom. The molecule has 1 saturated carbocycles. The van der Waals surface area contributed by atoms with E-state index in [9.17, 15) is 4.21 Å². The zero-order valence-electron chi connectivity index (χ0n) is 9.82. The standard InChI is InChI=1S/C13H18ClNOS/c14-12-8-11(6-7-13(12)15)17(16)9-10-4-2-1-3-5-10/h6-8,10H,1-5,9,15H2. The summed E-state index contributed by atoms with van der Waals surface area (Å²) in [6, 6.07) is 5.28. The van der Waals surface area contributed by atoms with Gasteiger partial charge in [-0.05, 0) is 37.0 Å². The molecule has 0 spiro atoms. The van der Waals surface area contributed by atoms with E-state index in [0.29, 0.717) is 16.6 Å². The van der Waals surface area contributed by atoms with Crippen LogP contribution >= 0.6 is 11.6 Å². The van der Waals surface area contributed by atoms with Crippen molar-refractivity contribution in [2.45, 2.75) is 37.0 Å². The number of nitrogen functional groups attached to an aromatic ring is 1. The Balaban J connectivity index is 2.01. The molecule has 0 aliphatic heterocycles. The van der Waals surface area contributed by atoms with Crippen molar-refractivity contribution in [2.24, 2.45) is 5.92 Å². The maximum Gasteiger partial charge on any atom is 0.0647 e. The normalized spacial score (nSPS) is 19.1. The molecule has 1 unspecified atom stereocenters. The highest BCUT2D eigenvalue weighted by Gasteiger charge is 2.17. The van der Waals surface area contributed by atoms with Crippen LogP contribution in [-0.2, 0) is 10.8 Å². The molecule has 0 radical (unpaired) electrons. The summed E-state index contributed by atoms with van der Waals surface area (Å²) in [6.07, 6.45) is 6.33. The van der Waals surface area contributed by atoms with E-state index in [1.54, 1.807) is 12.1 Å². The molecule has 1 aromatic carbocycles. The molecule has 17 heavy (non-hydrogen) atoms. The fourth-order valence-electron chi connectivity index (χ4n) is 2.31. The first-order valence-corrected chi connectivity index (χ1v) is 7.80. The van der Waals surface area contributed by atoms with Gasteiger partial charge in [0.25, 0.3) is 0 Å². The predicted molar refractivity (Wildman–Crippen MR) is 73.7 cm³/mol.